The minimum absolute atomic E-state index is 0.0178. The number of carbonyl (C=O) groups excluding carboxylic acids is 2. The average Bonchev–Trinajstić information content (AvgIpc) is 3.60. The normalized spacial score (nSPS) is 15.9. The van der Waals surface area contributed by atoms with Gasteiger partial charge in [0.05, 0.1) is 16.5 Å². The van der Waals surface area contributed by atoms with Gasteiger partial charge >= 0.3 is 0 Å². The van der Waals surface area contributed by atoms with Crippen LogP contribution in [0.4, 0.5) is 5.13 Å². The van der Waals surface area contributed by atoms with Crippen LogP contribution >= 0.6 is 46.0 Å². The summed E-state index contributed by atoms with van der Waals surface area (Å²) >= 11 is 9.90. The monoisotopic (exact) mass is 526 g/mol. The molecule has 0 saturated heterocycles. The van der Waals surface area contributed by atoms with Crippen molar-refractivity contribution < 1.29 is 14.7 Å². The number of amides is 1. The third-order valence-electron chi connectivity index (χ3n) is 5.10. The van der Waals surface area contributed by atoms with Crippen molar-refractivity contribution in [3.05, 3.63) is 98.7 Å². The number of ketones is 1. The fourth-order valence-electron chi connectivity index (χ4n) is 3.52. The minimum Gasteiger partial charge on any atom is -0.503 e. The van der Waals surface area contributed by atoms with Crippen molar-refractivity contribution in [3.8, 4) is 0 Å². The molecule has 4 aromatic rings. The Hall–Kier alpha value is -3.05. The SMILES string of the molecule is O=C(C1=C(O)C(=O)N(c2nnc(SCc3ccc(Cl)cc3)s2)C1c1ccncc1)c1cccs1. The van der Waals surface area contributed by atoms with Gasteiger partial charge in [0.15, 0.2) is 10.1 Å². The molecule has 1 aliphatic heterocycles. The van der Waals surface area contributed by atoms with Crippen molar-refractivity contribution in [2.45, 2.75) is 16.1 Å². The smallest absolute Gasteiger partial charge is 0.296 e. The van der Waals surface area contributed by atoms with Crippen LogP contribution in [0.15, 0.2) is 82.0 Å². The van der Waals surface area contributed by atoms with Crippen molar-refractivity contribution in [2.75, 3.05) is 4.90 Å². The number of halogens is 1. The van der Waals surface area contributed by atoms with Crippen LogP contribution < -0.4 is 4.90 Å². The predicted octanol–water partition coefficient (Wildman–Crippen LogP) is 5.72. The summed E-state index contributed by atoms with van der Waals surface area (Å²) in [5.74, 6) is -1.01. The van der Waals surface area contributed by atoms with E-state index in [0.717, 1.165) is 5.56 Å². The van der Waals surface area contributed by atoms with Gasteiger partial charge in [-0.05, 0) is 46.8 Å². The molecule has 1 amide bonds. The second-order valence-electron chi connectivity index (χ2n) is 7.19. The number of rotatable bonds is 7. The van der Waals surface area contributed by atoms with Crippen LogP contribution in [0, 0.1) is 0 Å². The highest BCUT2D eigenvalue weighted by molar-refractivity contribution is 8.00. The highest BCUT2D eigenvalue weighted by Gasteiger charge is 2.46. The summed E-state index contributed by atoms with van der Waals surface area (Å²) in [5, 5.41) is 21.9. The number of aromatic nitrogens is 3. The molecule has 4 heterocycles. The van der Waals surface area contributed by atoms with E-state index in [1.54, 1.807) is 42.0 Å². The van der Waals surface area contributed by atoms with Gasteiger partial charge in [-0.2, -0.15) is 0 Å². The van der Waals surface area contributed by atoms with E-state index in [9.17, 15) is 14.7 Å². The molecule has 7 nitrogen and oxygen atoms in total. The molecule has 1 atom stereocenters. The molecule has 1 unspecified atom stereocenters. The molecular weight excluding hydrogens is 512 g/mol. The highest BCUT2D eigenvalue weighted by atomic mass is 35.5. The molecule has 34 heavy (non-hydrogen) atoms. The van der Waals surface area contributed by atoms with E-state index in [-0.39, 0.29) is 5.57 Å². The maximum absolute atomic E-state index is 13.3. The molecule has 1 N–H and O–H groups in total. The zero-order valence-electron chi connectivity index (χ0n) is 17.3. The summed E-state index contributed by atoms with van der Waals surface area (Å²) in [5.41, 5.74) is 1.73. The van der Waals surface area contributed by atoms with Gasteiger partial charge in [-0.3, -0.25) is 19.5 Å². The molecule has 0 saturated carbocycles. The summed E-state index contributed by atoms with van der Waals surface area (Å²) in [4.78, 5) is 32.2. The number of anilines is 1. The molecule has 0 radical (unpaired) electrons. The molecule has 170 valence electrons. The van der Waals surface area contributed by atoms with E-state index in [1.165, 1.54) is 39.3 Å². The summed E-state index contributed by atoms with van der Waals surface area (Å²) in [6.07, 6.45) is 3.15. The molecular formula is C23H15ClN4O3S3. The van der Waals surface area contributed by atoms with E-state index in [2.05, 4.69) is 15.2 Å². The lowest BCUT2D eigenvalue weighted by Gasteiger charge is -2.23. The standard InChI is InChI=1S/C23H15ClN4O3S3/c24-15-5-3-13(4-6-15)12-33-23-27-26-22(34-23)28-18(14-7-9-25-10-8-14)17(20(30)21(28)31)19(29)16-2-1-11-32-16/h1-11,18,30H,12H2. The second-order valence-corrected chi connectivity index (χ2v) is 10.8. The van der Waals surface area contributed by atoms with Crippen molar-refractivity contribution in [2.24, 2.45) is 0 Å². The minimum atomic E-state index is -0.841. The first-order valence-corrected chi connectivity index (χ1v) is 13.0. The van der Waals surface area contributed by atoms with Gasteiger partial charge in [-0.1, -0.05) is 52.9 Å². The lowest BCUT2D eigenvalue weighted by atomic mass is 9.96. The first-order valence-electron chi connectivity index (χ1n) is 9.98. The maximum atomic E-state index is 13.3. The number of Topliss-reactive ketones (excluding diaryl/α,β-unsaturated/α-hetero) is 1. The quantitative estimate of drug-likeness (QED) is 0.187. The topological polar surface area (TPSA) is 96.3 Å². The molecule has 5 rings (SSSR count). The molecule has 0 fully saturated rings. The number of thiophene rings is 1. The van der Waals surface area contributed by atoms with Gasteiger partial charge in [0.1, 0.15) is 0 Å². The average molecular weight is 527 g/mol. The predicted molar refractivity (Wildman–Crippen MR) is 134 cm³/mol. The second kappa shape index (κ2) is 9.67. The number of benzene rings is 1. The first kappa shape index (κ1) is 22.7. The number of carbonyl (C=O) groups is 2. The van der Waals surface area contributed by atoms with Crippen LogP contribution in [0.5, 0.6) is 0 Å². The van der Waals surface area contributed by atoms with E-state index >= 15 is 0 Å². The summed E-state index contributed by atoms with van der Waals surface area (Å²) in [6, 6.07) is 13.5. The Bertz CT molecular complexity index is 1370. The van der Waals surface area contributed by atoms with Gasteiger partial charge in [0.2, 0.25) is 10.9 Å². The van der Waals surface area contributed by atoms with E-state index < -0.39 is 23.5 Å². The van der Waals surface area contributed by atoms with Crippen molar-refractivity contribution in [1.82, 2.24) is 15.2 Å². The number of aliphatic hydroxyl groups excluding tert-OH is 1. The number of hydrogen-bond acceptors (Lipinski definition) is 9. The Kier molecular flexibility index (Phi) is 6.46. The van der Waals surface area contributed by atoms with E-state index in [4.69, 9.17) is 11.6 Å². The summed E-state index contributed by atoms with van der Waals surface area (Å²) in [6.45, 7) is 0. The molecule has 11 heteroatoms. The Labute approximate surface area is 211 Å². The number of pyridine rings is 1. The van der Waals surface area contributed by atoms with Gasteiger partial charge in [0, 0.05) is 23.2 Å². The number of thioether (sulfide) groups is 1. The first-order chi connectivity index (χ1) is 16.5. The Morgan fingerprint density at radius 2 is 1.88 bits per heavy atom. The molecule has 1 aliphatic rings. The summed E-state index contributed by atoms with van der Waals surface area (Å²) < 4.78 is 0.656. The Morgan fingerprint density at radius 1 is 1.12 bits per heavy atom. The number of hydrogen-bond donors (Lipinski definition) is 1. The largest absolute Gasteiger partial charge is 0.503 e. The number of nitrogens with zero attached hydrogens (tertiary/aromatic N) is 4. The molecule has 3 aromatic heterocycles. The third kappa shape index (κ3) is 4.37. The number of aliphatic hydroxyl groups is 1. The molecule has 1 aromatic carbocycles. The van der Waals surface area contributed by atoms with Crippen LogP contribution in [0.3, 0.4) is 0 Å². The van der Waals surface area contributed by atoms with Crippen LogP contribution in [0.25, 0.3) is 0 Å². The van der Waals surface area contributed by atoms with Crippen molar-refractivity contribution >= 4 is 62.9 Å². The summed E-state index contributed by atoms with van der Waals surface area (Å²) in [7, 11) is 0. The molecule has 0 spiro atoms. The van der Waals surface area contributed by atoms with Crippen LogP contribution in [-0.4, -0.2) is 32.0 Å². The van der Waals surface area contributed by atoms with Crippen LogP contribution in [-0.2, 0) is 10.5 Å². The molecule has 0 bridgehead atoms. The van der Waals surface area contributed by atoms with E-state index in [0.29, 0.717) is 30.7 Å². The van der Waals surface area contributed by atoms with Crippen LogP contribution in [0.2, 0.25) is 5.02 Å². The highest BCUT2D eigenvalue weighted by Crippen LogP contribution is 2.44. The fourth-order valence-corrected chi connectivity index (χ4v) is 6.15. The fraction of sp³-hybridized carbons (Fsp3) is 0.0870. The Morgan fingerprint density at radius 3 is 2.59 bits per heavy atom. The van der Waals surface area contributed by atoms with Gasteiger partial charge in [-0.15, -0.1) is 21.5 Å². The zero-order valence-corrected chi connectivity index (χ0v) is 20.5. The van der Waals surface area contributed by atoms with Gasteiger partial charge < -0.3 is 5.11 Å². The van der Waals surface area contributed by atoms with Crippen molar-refractivity contribution in [1.29, 1.82) is 0 Å². The van der Waals surface area contributed by atoms with Crippen LogP contribution in [0.1, 0.15) is 26.8 Å². The third-order valence-corrected chi connectivity index (χ3v) is 8.34. The Balaban J connectivity index is 1.46. The lowest BCUT2D eigenvalue weighted by molar-refractivity contribution is -0.117. The molecule has 0 aliphatic carbocycles. The van der Waals surface area contributed by atoms with Gasteiger partial charge in [-0.25, -0.2) is 0 Å². The van der Waals surface area contributed by atoms with Crippen molar-refractivity contribution in [3.63, 3.8) is 0 Å². The maximum Gasteiger partial charge on any atom is 0.296 e. The van der Waals surface area contributed by atoms with Gasteiger partial charge in [0.25, 0.3) is 5.91 Å². The lowest BCUT2D eigenvalue weighted by Crippen LogP contribution is -2.31. The zero-order chi connectivity index (χ0) is 23.7. The van der Waals surface area contributed by atoms with E-state index in [1.807, 2.05) is 24.3 Å².